The summed E-state index contributed by atoms with van der Waals surface area (Å²) in [6.07, 6.45) is 1.91. The van der Waals surface area contributed by atoms with Gasteiger partial charge in [-0.1, -0.05) is 30.3 Å². The van der Waals surface area contributed by atoms with Crippen LogP contribution in [0, 0.1) is 0 Å². The van der Waals surface area contributed by atoms with Crippen molar-refractivity contribution in [1.29, 1.82) is 0 Å². The van der Waals surface area contributed by atoms with Gasteiger partial charge in [0, 0.05) is 31.3 Å². The van der Waals surface area contributed by atoms with E-state index in [-0.39, 0.29) is 17.9 Å². The van der Waals surface area contributed by atoms with E-state index in [1.165, 1.54) is 12.5 Å². The number of hydrogen-bond donors (Lipinski definition) is 1. The normalized spacial score (nSPS) is 19.5. The summed E-state index contributed by atoms with van der Waals surface area (Å²) in [5.41, 5.74) is 1.25. The van der Waals surface area contributed by atoms with Crippen molar-refractivity contribution in [1.82, 2.24) is 10.2 Å². The third-order valence-electron chi connectivity index (χ3n) is 3.91. The summed E-state index contributed by atoms with van der Waals surface area (Å²) in [5.74, 6) is 0.636. The Hall–Kier alpha value is -1.49. The predicted octanol–water partition coefficient (Wildman–Crippen LogP) is 2.61. The average molecular weight is 320 g/mol. The molecule has 1 fully saturated rings. The molecule has 0 spiro atoms. The Morgan fingerprint density at radius 2 is 2.09 bits per heavy atom. The minimum absolute atomic E-state index is 0.0219. The van der Waals surface area contributed by atoms with Crippen LogP contribution in [-0.2, 0) is 9.59 Å². The maximum Gasteiger partial charge on any atom is 0.232 e. The van der Waals surface area contributed by atoms with E-state index in [0.717, 1.165) is 19.4 Å². The van der Waals surface area contributed by atoms with E-state index in [4.69, 9.17) is 0 Å². The largest absolute Gasteiger partial charge is 0.352 e. The number of thioether (sulfide) groups is 1. The molecule has 2 amide bonds. The molecule has 4 nitrogen and oxygen atoms in total. The second-order valence-electron chi connectivity index (χ2n) is 5.74. The molecule has 0 saturated carbocycles. The van der Waals surface area contributed by atoms with Crippen LogP contribution in [0.3, 0.4) is 0 Å². The van der Waals surface area contributed by atoms with Gasteiger partial charge in [0.25, 0.3) is 0 Å². The van der Waals surface area contributed by atoms with Crippen molar-refractivity contribution < 1.29 is 9.59 Å². The number of amides is 2. The van der Waals surface area contributed by atoms with Crippen molar-refractivity contribution in [2.45, 2.75) is 38.0 Å². The summed E-state index contributed by atoms with van der Waals surface area (Å²) in [5, 5.41) is 3.22. The fourth-order valence-corrected chi connectivity index (χ4v) is 3.64. The van der Waals surface area contributed by atoms with Crippen molar-refractivity contribution in [2.75, 3.05) is 18.8 Å². The third-order valence-corrected chi connectivity index (χ3v) is 5.09. The molecule has 1 aromatic carbocycles. The maximum atomic E-state index is 12.4. The highest BCUT2D eigenvalue weighted by Gasteiger charge is 2.24. The van der Waals surface area contributed by atoms with Gasteiger partial charge >= 0.3 is 0 Å². The Morgan fingerprint density at radius 3 is 2.77 bits per heavy atom. The van der Waals surface area contributed by atoms with Crippen LogP contribution in [-0.4, -0.2) is 41.6 Å². The molecule has 1 aliphatic rings. The van der Waals surface area contributed by atoms with E-state index in [1.807, 2.05) is 23.1 Å². The van der Waals surface area contributed by atoms with E-state index < -0.39 is 0 Å². The molecule has 0 bridgehead atoms. The first-order valence-electron chi connectivity index (χ1n) is 7.77. The van der Waals surface area contributed by atoms with E-state index in [1.54, 1.807) is 11.8 Å². The van der Waals surface area contributed by atoms with Gasteiger partial charge in [0.15, 0.2) is 0 Å². The van der Waals surface area contributed by atoms with Crippen molar-refractivity contribution in [2.24, 2.45) is 0 Å². The molecule has 1 aromatic rings. The number of carbonyl (C=O) groups is 2. The monoisotopic (exact) mass is 320 g/mol. The lowest BCUT2D eigenvalue weighted by atomic mass is 10.1. The van der Waals surface area contributed by atoms with E-state index >= 15 is 0 Å². The Balaban J connectivity index is 1.80. The Morgan fingerprint density at radius 1 is 1.36 bits per heavy atom. The molecule has 5 heteroatoms. The van der Waals surface area contributed by atoms with Crippen LogP contribution in [0.4, 0.5) is 0 Å². The van der Waals surface area contributed by atoms with Crippen LogP contribution in [0.25, 0.3) is 0 Å². The van der Waals surface area contributed by atoms with Crippen LogP contribution in [0.1, 0.15) is 37.5 Å². The van der Waals surface area contributed by atoms with Crippen molar-refractivity contribution in [3.63, 3.8) is 0 Å². The Bertz CT molecular complexity index is 507. The fourth-order valence-electron chi connectivity index (χ4n) is 2.72. The number of benzene rings is 1. The second-order valence-corrected chi connectivity index (χ2v) is 7.07. The van der Waals surface area contributed by atoms with Crippen LogP contribution < -0.4 is 5.32 Å². The van der Waals surface area contributed by atoms with Crippen molar-refractivity contribution in [3.8, 4) is 0 Å². The van der Waals surface area contributed by atoms with Crippen molar-refractivity contribution >= 4 is 23.6 Å². The van der Waals surface area contributed by atoms with Crippen molar-refractivity contribution in [3.05, 3.63) is 35.9 Å². The van der Waals surface area contributed by atoms with E-state index in [0.29, 0.717) is 17.5 Å². The van der Waals surface area contributed by atoms with Crippen LogP contribution in [0.2, 0.25) is 0 Å². The lowest BCUT2D eigenvalue weighted by Gasteiger charge is -2.33. The molecular weight excluding hydrogens is 296 g/mol. The number of nitrogens with one attached hydrogen (secondary N) is 1. The predicted molar refractivity (Wildman–Crippen MR) is 90.7 cm³/mol. The molecule has 1 N–H and O–H groups in total. The number of nitrogens with zero attached hydrogens (tertiary/aromatic N) is 1. The second kappa shape index (κ2) is 8.22. The highest BCUT2D eigenvalue weighted by Crippen LogP contribution is 2.28. The van der Waals surface area contributed by atoms with E-state index in [2.05, 4.69) is 24.4 Å². The smallest absolute Gasteiger partial charge is 0.232 e. The first-order chi connectivity index (χ1) is 10.6. The summed E-state index contributed by atoms with van der Waals surface area (Å²) in [6.45, 7) is 5.09. The fraction of sp³-hybridized carbons (Fsp3) is 0.529. The van der Waals surface area contributed by atoms with Gasteiger partial charge in [-0.2, -0.15) is 0 Å². The molecule has 1 aliphatic heterocycles. The Kier molecular flexibility index (Phi) is 6.31. The van der Waals surface area contributed by atoms with Crippen LogP contribution in [0.5, 0.6) is 0 Å². The first-order valence-corrected chi connectivity index (χ1v) is 8.82. The zero-order chi connectivity index (χ0) is 15.9. The van der Waals surface area contributed by atoms with Gasteiger partial charge in [-0.15, -0.1) is 11.8 Å². The number of carbonyl (C=O) groups excluding carboxylic acids is 2. The van der Waals surface area contributed by atoms with Gasteiger partial charge in [-0.25, -0.2) is 0 Å². The molecule has 0 aliphatic carbocycles. The zero-order valence-corrected chi connectivity index (χ0v) is 14.1. The van der Waals surface area contributed by atoms with Gasteiger partial charge in [0.1, 0.15) is 0 Å². The highest BCUT2D eigenvalue weighted by atomic mass is 32.2. The number of likely N-dealkylation sites (tertiary alicyclic amines) is 1. The minimum Gasteiger partial charge on any atom is -0.352 e. The molecule has 22 heavy (non-hydrogen) atoms. The first kappa shape index (κ1) is 16.9. The van der Waals surface area contributed by atoms with Gasteiger partial charge in [-0.3, -0.25) is 9.59 Å². The molecule has 1 heterocycles. The maximum absolute atomic E-state index is 12.4. The lowest BCUT2D eigenvalue weighted by Crippen LogP contribution is -2.49. The van der Waals surface area contributed by atoms with Gasteiger partial charge < -0.3 is 10.2 Å². The average Bonchev–Trinajstić information content (AvgIpc) is 2.52. The molecule has 2 rings (SSSR count). The Labute approximate surface area is 136 Å². The molecule has 0 aromatic heterocycles. The summed E-state index contributed by atoms with van der Waals surface area (Å²) in [7, 11) is 0. The van der Waals surface area contributed by atoms with Crippen LogP contribution in [0.15, 0.2) is 30.3 Å². The summed E-state index contributed by atoms with van der Waals surface area (Å²) in [4.78, 5) is 25.4. The number of piperidine rings is 1. The molecule has 1 saturated heterocycles. The molecule has 2 atom stereocenters. The summed E-state index contributed by atoms with van der Waals surface area (Å²) < 4.78 is 0. The number of hydrogen-bond acceptors (Lipinski definition) is 3. The minimum atomic E-state index is -0.0219. The number of rotatable bonds is 5. The molecule has 2 unspecified atom stereocenters. The van der Waals surface area contributed by atoms with Crippen LogP contribution >= 0.6 is 11.8 Å². The topological polar surface area (TPSA) is 49.4 Å². The van der Waals surface area contributed by atoms with Gasteiger partial charge in [0.2, 0.25) is 11.8 Å². The van der Waals surface area contributed by atoms with Gasteiger partial charge in [0.05, 0.1) is 5.75 Å². The standard InChI is InChI=1S/C17H24N2O2S/c1-13(15-7-4-3-5-8-15)22-12-17(21)19-10-6-9-16(11-19)18-14(2)20/h3-5,7-8,13,16H,6,9-12H2,1-2H3,(H,18,20). The summed E-state index contributed by atoms with van der Waals surface area (Å²) >= 11 is 1.67. The summed E-state index contributed by atoms with van der Waals surface area (Å²) in [6, 6.07) is 10.3. The quantitative estimate of drug-likeness (QED) is 0.907. The van der Waals surface area contributed by atoms with E-state index in [9.17, 15) is 9.59 Å². The molecule has 0 radical (unpaired) electrons. The third kappa shape index (κ3) is 5.05. The highest BCUT2D eigenvalue weighted by molar-refractivity contribution is 8.00. The SMILES string of the molecule is CC(=O)NC1CCCN(C(=O)CSC(C)c2ccccc2)C1. The van der Waals surface area contributed by atoms with Gasteiger partial charge in [-0.05, 0) is 25.3 Å². The molecular formula is C17H24N2O2S. The lowest BCUT2D eigenvalue weighted by molar-refractivity contribution is -0.130. The molecule has 120 valence electrons. The zero-order valence-electron chi connectivity index (χ0n) is 13.2.